The van der Waals surface area contributed by atoms with Crippen molar-refractivity contribution < 1.29 is 38.3 Å². The van der Waals surface area contributed by atoms with Crippen molar-refractivity contribution in [3.8, 4) is 0 Å². The molecule has 8 nitrogen and oxygen atoms in total. The Kier molecular flexibility index (Phi) is 8.39. The van der Waals surface area contributed by atoms with Gasteiger partial charge in [-0.05, 0) is 66.2 Å². The first-order valence-corrected chi connectivity index (χ1v) is 12.8. The van der Waals surface area contributed by atoms with Crippen molar-refractivity contribution in [2.75, 3.05) is 26.4 Å². The average Bonchev–Trinajstić information content (AvgIpc) is 3.45. The quantitative estimate of drug-likeness (QED) is 0.382. The Morgan fingerprint density at radius 1 is 1.03 bits per heavy atom. The number of hydrogen-bond donors (Lipinski definition) is 1. The molecule has 4 rings (SSSR count). The standard InChI is InChI=1S/C25H44O8/c1-6-17(7-9-24(3,4)26)22-27-12-19(13-28-22)31-16(2)32-20-14-29-23(30-15-20)18-8-10-25(5)21(11-18)33-25/h16-23,26H,6-15H2,1-5H3. The summed E-state index contributed by atoms with van der Waals surface area (Å²) in [5, 5.41) is 10.0. The van der Waals surface area contributed by atoms with Gasteiger partial charge in [0.1, 0.15) is 12.2 Å². The van der Waals surface area contributed by atoms with Crippen LogP contribution >= 0.6 is 0 Å². The van der Waals surface area contributed by atoms with E-state index in [0.29, 0.717) is 38.4 Å². The van der Waals surface area contributed by atoms with Crippen molar-refractivity contribution in [2.45, 2.75) is 122 Å². The van der Waals surface area contributed by atoms with E-state index in [1.54, 1.807) is 0 Å². The third kappa shape index (κ3) is 7.10. The van der Waals surface area contributed by atoms with Gasteiger partial charge in [-0.1, -0.05) is 6.92 Å². The van der Waals surface area contributed by atoms with E-state index in [2.05, 4.69) is 13.8 Å². The van der Waals surface area contributed by atoms with Crippen LogP contribution in [0.4, 0.5) is 0 Å². The number of ether oxygens (including phenoxy) is 7. The second-order valence-corrected chi connectivity index (χ2v) is 11.1. The van der Waals surface area contributed by atoms with E-state index < -0.39 is 11.9 Å². The fourth-order valence-electron chi connectivity index (χ4n) is 5.27. The van der Waals surface area contributed by atoms with Crippen molar-refractivity contribution in [1.82, 2.24) is 0 Å². The zero-order valence-corrected chi connectivity index (χ0v) is 21.0. The minimum atomic E-state index is -0.670. The van der Waals surface area contributed by atoms with Gasteiger partial charge in [-0.3, -0.25) is 0 Å². The summed E-state index contributed by atoms with van der Waals surface area (Å²) in [6, 6.07) is 0. The van der Waals surface area contributed by atoms with Gasteiger partial charge in [-0.2, -0.15) is 0 Å². The van der Waals surface area contributed by atoms with Crippen LogP contribution in [0.25, 0.3) is 0 Å². The molecule has 0 radical (unpaired) electrons. The number of hydrogen-bond acceptors (Lipinski definition) is 8. The molecule has 0 bridgehead atoms. The van der Waals surface area contributed by atoms with Gasteiger partial charge >= 0.3 is 0 Å². The molecule has 8 heteroatoms. The molecule has 33 heavy (non-hydrogen) atoms. The van der Waals surface area contributed by atoms with Crippen molar-refractivity contribution in [2.24, 2.45) is 11.8 Å². The van der Waals surface area contributed by atoms with Crippen molar-refractivity contribution in [3.05, 3.63) is 0 Å². The van der Waals surface area contributed by atoms with E-state index in [0.717, 1.165) is 38.5 Å². The zero-order valence-electron chi connectivity index (χ0n) is 21.0. The second kappa shape index (κ2) is 10.7. The summed E-state index contributed by atoms with van der Waals surface area (Å²) in [4.78, 5) is 0. The molecule has 0 aromatic carbocycles. The van der Waals surface area contributed by atoms with Crippen molar-refractivity contribution >= 4 is 0 Å². The van der Waals surface area contributed by atoms with Gasteiger partial charge in [0, 0.05) is 11.8 Å². The highest BCUT2D eigenvalue weighted by atomic mass is 16.8. The predicted molar refractivity (Wildman–Crippen MR) is 121 cm³/mol. The Balaban J connectivity index is 1.11. The van der Waals surface area contributed by atoms with Crippen molar-refractivity contribution in [3.63, 3.8) is 0 Å². The third-order valence-electron chi connectivity index (χ3n) is 7.54. The molecule has 0 amide bonds. The van der Waals surface area contributed by atoms with Crippen LogP contribution < -0.4 is 0 Å². The van der Waals surface area contributed by atoms with Gasteiger partial charge in [0.05, 0.1) is 43.7 Å². The fraction of sp³-hybridized carbons (Fsp3) is 1.00. The van der Waals surface area contributed by atoms with Crippen LogP contribution in [0.3, 0.4) is 0 Å². The van der Waals surface area contributed by atoms with Gasteiger partial charge in [-0.15, -0.1) is 0 Å². The van der Waals surface area contributed by atoms with Crippen LogP contribution in [0, 0.1) is 11.8 Å². The molecule has 1 aliphatic carbocycles. The molecule has 3 aliphatic heterocycles. The molecule has 192 valence electrons. The first-order valence-electron chi connectivity index (χ1n) is 12.8. The highest BCUT2D eigenvalue weighted by Crippen LogP contribution is 2.50. The number of aliphatic hydroxyl groups is 1. The third-order valence-corrected chi connectivity index (χ3v) is 7.54. The fourth-order valence-corrected chi connectivity index (χ4v) is 5.27. The molecule has 4 aliphatic rings. The predicted octanol–water partition coefficient (Wildman–Crippen LogP) is 3.38. The van der Waals surface area contributed by atoms with E-state index >= 15 is 0 Å². The summed E-state index contributed by atoms with van der Waals surface area (Å²) < 4.78 is 41.7. The zero-order chi connectivity index (χ0) is 23.6. The second-order valence-electron chi connectivity index (χ2n) is 11.1. The van der Waals surface area contributed by atoms with E-state index in [1.807, 2.05) is 20.8 Å². The first-order chi connectivity index (χ1) is 15.6. The molecule has 0 aromatic heterocycles. The Morgan fingerprint density at radius 3 is 2.18 bits per heavy atom. The van der Waals surface area contributed by atoms with Crippen molar-refractivity contribution in [1.29, 1.82) is 0 Å². The molecule has 0 spiro atoms. The molecule has 5 atom stereocenters. The lowest BCUT2D eigenvalue weighted by Crippen LogP contribution is -2.45. The molecule has 1 N–H and O–H groups in total. The van der Waals surface area contributed by atoms with Gasteiger partial charge in [-0.25, -0.2) is 0 Å². The topological polar surface area (TPSA) is 88.1 Å². The smallest absolute Gasteiger partial charge is 0.160 e. The Bertz CT molecular complexity index is 608. The lowest BCUT2D eigenvalue weighted by atomic mass is 9.82. The molecular formula is C25H44O8. The summed E-state index contributed by atoms with van der Waals surface area (Å²) in [7, 11) is 0. The average molecular weight is 473 g/mol. The maximum absolute atomic E-state index is 10.0. The lowest BCUT2D eigenvalue weighted by Gasteiger charge is -2.37. The maximum atomic E-state index is 10.0. The monoisotopic (exact) mass is 472 g/mol. The molecule has 3 saturated heterocycles. The largest absolute Gasteiger partial charge is 0.390 e. The SMILES string of the molecule is CCC(CCC(C)(C)O)C1OCC(OC(C)OC2COC(C3CCC4(C)OC4C3)OC2)CO1. The number of epoxide rings is 1. The van der Waals surface area contributed by atoms with E-state index in [9.17, 15) is 5.11 Å². The molecule has 3 heterocycles. The van der Waals surface area contributed by atoms with E-state index in [4.69, 9.17) is 33.2 Å². The normalized spacial score (nSPS) is 41.3. The Hall–Kier alpha value is -0.320. The number of rotatable bonds is 10. The molecule has 1 saturated carbocycles. The number of fused-ring (bicyclic) bond motifs is 1. The first kappa shape index (κ1) is 25.8. The van der Waals surface area contributed by atoms with Gasteiger partial charge in [0.25, 0.3) is 0 Å². The molecule has 0 aromatic rings. The summed E-state index contributed by atoms with van der Waals surface area (Å²) in [6.45, 7) is 11.9. The van der Waals surface area contributed by atoms with Crippen LogP contribution in [-0.4, -0.2) is 79.9 Å². The summed E-state index contributed by atoms with van der Waals surface area (Å²) in [5.74, 6) is 0.667. The maximum Gasteiger partial charge on any atom is 0.160 e. The summed E-state index contributed by atoms with van der Waals surface area (Å²) in [5.41, 5.74) is -0.555. The van der Waals surface area contributed by atoms with Crippen LogP contribution in [0.2, 0.25) is 0 Å². The molecule has 4 fully saturated rings. The Labute approximate surface area is 198 Å². The minimum absolute atomic E-state index is 0.115. The van der Waals surface area contributed by atoms with Crippen LogP contribution in [0.5, 0.6) is 0 Å². The molecule has 5 unspecified atom stereocenters. The highest BCUT2D eigenvalue weighted by molar-refractivity contribution is 5.04. The lowest BCUT2D eigenvalue weighted by molar-refractivity contribution is -0.302. The Morgan fingerprint density at radius 2 is 1.64 bits per heavy atom. The minimum Gasteiger partial charge on any atom is -0.390 e. The van der Waals surface area contributed by atoms with Crippen LogP contribution in [-0.2, 0) is 33.2 Å². The van der Waals surface area contributed by atoms with Crippen LogP contribution in [0.15, 0.2) is 0 Å². The van der Waals surface area contributed by atoms with Gasteiger partial charge in [0.2, 0.25) is 0 Å². The van der Waals surface area contributed by atoms with Crippen LogP contribution in [0.1, 0.15) is 73.1 Å². The summed E-state index contributed by atoms with van der Waals surface area (Å²) >= 11 is 0. The van der Waals surface area contributed by atoms with Gasteiger partial charge < -0.3 is 38.3 Å². The summed E-state index contributed by atoms with van der Waals surface area (Å²) in [6.07, 6.45) is 4.98. The molecular weight excluding hydrogens is 428 g/mol. The highest BCUT2D eigenvalue weighted by Gasteiger charge is 2.56. The van der Waals surface area contributed by atoms with E-state index in [1.165, 1.54) is 0 Å². The van der Waals surface area contributed by atoms with Gasteiger partial charge in [0.15, 0.2) is 18.9 Å². The van der Waals surface area contributed by atoms with E-state index in [-0.39, 0.29) is 36.3 Å².